The Balaban J connectivity index is 2.00. The standard InChI is InChI=1S/C17H20FNO3S/c1-12-3-6-16(7-4-12)23(21,22)11-13(2)19-10-14-9-15(18)5-8-17(14)20/h3-9,13,19-20H,10-11H2,1-2H3/t13-/m1/s1. The van der Waals surface area contributed by atoms with E-state index in [4.69, 9.17) is 0 Å². The van der Waals surface area contributed by atoms with Crippen molar-refractivity contribution in [3.8, 4) is 5.75 Å². The zero-order valence-corrected chi connectivity index (χ0v) is 13.9. The molecule has 0 aliphatic heterocycles. The molecule has 6 heteroatoms. The average molecular weight is 337 g/mol. The third kappa shape index (κ3) is 4.77. The number of aromatic hydroxyl groups is 1. The SMILES string of the molecule is Cc1ccc(S(=O)(=O)C[C@@H](C)NCc2cc(F)ccc2O)cc1. The molecule has 0 spiro atoms. The van der Waals surface area contributed by atoms with Gasteiger partial charge in [0.05, 0.1) is 10.6 Å². The molecule has 0 unspecified atom stereocenters. The van der Waals surface area contributed by atoms with Crippen LogP contribution in [-0.4, -0.2) is 25.3 Å². The van der Waals surface area contributed by atoms with Crippen LogP contribution in [0.1, 0.15) is 18.1 Å². The summed E-state index contributed by atoms with van der Waals surface area (Å²) < 4.78 is 37.8. The van der Waals surface area contributed by atoms with E-state index >= 15 is 0 Å². The number of phenolic OH excluding ortho intramolecular Hbond substituents is 1. The van der Waals surface area contributed by atoms with Gasteiger partial charge in [0.1, 0.15) is 11.6 Å². The van der Waals surface area contributed by atoms with Gasteiger partial charge in [0.15, 0.2) is 9.84 Å². The molecule has 2 N–H and O–H groups in total. The molecule has 0 amide bonds. The van der Waals surface area contributed by atoms with Gasteiger partial charge in [-0.25, -0.2) is 12.8 Å². The quantitative estimate of drug-likeness (QED) is 0.851. The molecule has 124 valence electrons. The predicted octanol–water partition coefficient (Wildman–Crippen LogP) is 2.79. The Labute approximate surface area is 135 Å². The van der Waals surface area contributed by atoms with Crippen LogP contribution >= 0.6 is 0 Å². The fourth-order valence-corrected chi connectivity index (χ4v) is 3.73. The second-order valence-corrected chi connectivity index (χ2v) is 7.68. The Hall–Kier alpha value is -1.92. The zero-order chi connectivity index (χ0) is 17.0. The lowest BCUT2D eigenvalue weighted by Crippen LogP contribution is -2.32. The molecule has 2 aromatic rings. The van der Waals surface area contributed by atoms with Crippen LogP contribution in [-0.2, 0) is 16.4 Å². The number of rotatable bonds is 6. The van der Waals surface area contributed by atoms with E-state index < -0.39 is 15.7 Å². The molecule has 0 aliphatic carbocycles. The summed E-state index contributed by atoms with van der Waals surface area (Å²) in [5, 5.41) is 12.7. The molecular weight excluding hydrogens is 317 g/mol. The van der Waals surface area contributed by atoms with Crippen molar-refractivity contribution in [3.63, 3.8) is 0 Å². The van der Waals surface area contributed by atoms with Crippen LogP contribution in [0.5, 0.6) is 5.75 Å². The minimum absolute atomic E-state index is 0.0208. The fraction of sp³-hybridized carbons (Fsp3) is 0.294. The highest BCUT2D eigenvalue weighted by Gasteiger charge is 2.18. The molecule has 0 aliphatic rings. The molecule has 0 bridgehead atoms. The van der Waals surface area contributed by atoms with Crippen LogP contribution in [0.4, 0.5) is 4.39 Å². The summed E-state index contributed by atoms with van der Waals surface area (Å²) >= 11 is 0. The smallest absolute Gasteiger partial charge is 0.179 e. The Morgan fingerprint density at radius 2 is 1.83 bits per heavy atom. The summed E-state index contributed by atoms with van der Waals surface area (Å²) in [4.78, 5) is 0.283. The number of nitrogens with one attached hydrogen (secondary N) is 1. The topological polar surface area (TPSA) is 66.4 Å². The van der Waals surface area contributed by atoms with Crippen LogP contribution < -0.4 is 5.32 Å². The van der Waals surface area contributed by atoms with Crippen molar-refractivity contribution < 1.29 is 17.9 Å². The first-order valence-corrected chi connectivity index (χ1v) is 8.93. The Kier molecular flexibility index (Phi) is 5.38. The summed E-state index contributed by atoms with van der Waals surface area (Å²) in [6, 6.07) is 10.0. The van der Waals surface area contributed by atoms with Gasteiger partial charge >= 0.3 is 0 Å². The molecule has 0 saturated carbocycles. The maximum absolute atomic E-state index is 13.2. The number of halogens is 1. The maximum atomic E-state index is 13.2. The summed E-state index contributed by atoms with van der Waals surface area (Å²) in [7, 11) is -3.40. The van der Waals surface area contributed by atoms with Gasteiger partial charge in [-0.05, 0) is 44.2 Å². The van der Waals surface area contributed by atoms with Crippen LogP contribution in [0.2, 0.25) is 0 Å². The molecule has 0 fully saturated rings. The first-order chi connectivity index (χ1) is 10.8. The van der Waals surface area contributed by atoms with Gasteiger partial charge < -0.3 is 10.4 Å². The van der Waals surface area contributed by atoms with E-state index in [0.717, 1.165) is 5.56 Å². The fourth-order valence-electron chi connectivity index (χ4n) is 2.21. The lowest BCUT2D eigenvalue weighted by atomic mass is 10.2. The van der Waals surface area contributed by atoms with Crippen molar-refractivity contribution in [3.05, 3.63) is 59.4 Å². The van der Waals surface area contributed by atoms with Gasteiger partial charge in [0.2, 0.25) is 0 Å². The molecule has 0 aromatic heterocycles. The molecule has 1 atom stereocenters. The summed E-state index contributed by atoms with van der Waals surface area (Å²) in [6.45, 7) is 3.82. The number of sulfone groups is 1. The Morgan fingerprint density at radius 1 is 1.17 bits per heavy atom. The third-order valence-corrected chi connectivity index (χ3v) is 5.46. The Bertz CT molecular complexity index is 773. The predicted molar refractivity (Wildman–Crippen MR) is 87.6 cm³/mol. The second-order valence-electron chi connectivity index (χ2n) is 5.65. The van der Waals surface area contributed by atoms with Crippen LogP contribution in [0, 0.1) is 12.7 Å². The minimum Gasteiger partial charge on any atom is -0.508 e. The van der Waals surface area contributed by atoms with E-state index in [1.54, 1.807) is 31.2 Å². The highest BCUT2D eigenvalue weighted by molar-refractivity contribution is 7.91. The number of aryl methyl sites for hydroxylation is 1. The van der Waals surface area contributed by atoms with Gasteiger partial charge in [-0.3, -0.25) is 0 Å². The largest absolute Gasteiger partial charge is 0.508 e. The van der Waals surface area contributed by atoms with Crippen LogP contribution in [0.15, 0.2) is 47.4 Å². The van der Waals surface area contributed by atoms with Crippen molar-refractivity contribution in [1.29, 1.82) is 0 Å². The Morgan fingerprint density at radius 3 is 2.48 bits per heavy atom. The summed E-state index contributed by atoms with van der Waals surface area (Å²) in [5.74, 6) is -0.543. The van der Waals surface area contributed by atoms with E-state index in [9.17, 15) is 17.9 Å². The van der Waals surface area contributed by atoms with E-state index in [0.29, 0.717) is 5.56 Å². The van der Waals surface area contributed by atoms with E-state index in [-0.39, 0.29) is 29.0 Å². The van der Waals surface area contributed by atoms with Crippen LogP contribution in [0.3, 0.4) is 0 Å². The maximum Gasteiger partial charge on any atom is 0.179 e. The molecular formula is C17H20FNO3S. The van der Waals surface area contributed by atoms with Crippen molar-refractivity contribution in [2.24, 2.45) is 0 Å². The molecule has 0 radical (unpaired) electrons. The lowest BCUT2D eigenvalue weighted by Gasteiger charge is -2.15. The molecule has 23 heavy (non-hydrogen) atoms. The summed E-state index contributed by atoms with van der Waals surface area (Å²) in [5.41, 5.74) is 1.39. The molecule has 4 nitrogen and oxygen atoms in total. The normalized spacial score (nSPS) is 13.0. The minimum atomic E-state index is -3.40. The zero-order valence-electron chi connectivity index (χ0n) is 13.1. The van der Waals surface area contributed by atoms with Gasteiger partial charge in [0.25, 0.3) is 0 Å². The molecule has 2 aromatic carbocycles. The number of hydrogen-bond donors (Lipinski definition) is 2. The first kappa shape index (κ1) is 17.4. The van der Waals surface area contributed by atoms with Gasteiger partial charge in [-0.15, -0.1) is 0 Å². The van der Waals surface area contributed by atoms with Gasteiger partial charge in [0, 0.05) is 18.2 Å². The lowest BCUT2D eigenvalue weighted by molar-refractivity contribution is 0.458. The highest BCUT2D eigenvalue weighted by Crippen LogP contribution is 2.18. The average Bonchev–Trinajstić information content (AvgIpc) is 2.48. The highest BCUT2D eigenvalue weighted by atomic mass is 32.2. The van der Waals surface area contributed by atoms with E-state index in [1.165, 1.54) is 18.2 Å². The van der Waals surface area contributed by atoms with Gasteiger partial charge in [-0.1, -0.05) is 17.7 Å². The van der Waals surface area contributed by atoms with E-state index in [1.807, 2.05) is 6.92 Å². The number of phenols is 1. The second kappa shape index (κ2) is 7.10. The third-order valence-electron chi connectivity index (χ3n) is 3.53. The molecule has 2 rings (SSSR count). The van der Waals surface area contributed by atoms with Crippen molar-refractivity contribution in [2.45, 2.75) is 31.3 Å². The van der Waals surface area contributed by atoms with Crippen molar-refractivity contribution >= 4 is 9.84 Å². The number of hydrogen-bond acceptors (Lipinski definition) is 4. The van der Waals surface area contributed by atoms with E-state index in [2.05, 4.69) is 5.32 Å². The van der Waals surface area contributed by atoms with Crippen LogP contribution in [0.25, 0.3) is 0 Å². The number of benzene rings is 2. The van der Waals surface area contributed by atoms with Gasteiger partial charge in [-0.2, -0.15) is 0 Å². The van der Waals surface area contributed by atoms with Crippen molar-refractivity contribution in [2.75, 3.05) is 5.75 Å². The summed E-state index contributed by atoms with van der Waals surface area (Å²) in [6.07, 6.45) is 0. The molecule has 0 heterocycles. The van der Waals surface area contributed by atoms with Crippen molar-refractivity contribution in [1.82, 2.24) is 5.32 Å². The monoisotopic (exact) mass is 337 g/mol. The first-order valence-electron chi connectivity index (χ1n) is 7.28. The molecule has 0 saturated heterocycles.